The Balaban J connectivity index is 2.45. The van der Waals surface area contributed by atoms with E-state index in [2.05, 4.69) is 5.32 Å². The van der Waals surface area contributed by atoms with Gasteiger partial charge in [-0.05, 0) is 19.1 Å². The lowest BCUT2D eigenvalue weighted by molar-refractivity contribution is -0.115. The predicted octanol–water partition coefficient (Wildman–Crippen LogP) is 2.40. The zero-order chi connectivity index (χ0) is 8.27. The minimum Gasteiger partial charge on any atom is -0.370 e. The smallest absolute Gasteiger partial charge is 0.148 e. The summed E-state index contributed by atoms with van der Waals surface area (Å²) in [6.45, 7) is 1.92. The lowest BCUT2D eigenvalue weighted by Crippen LogP contribution is -2.08. The largest absolute Gasteiger partial charge is 0.370 e. The van der Waals surface area contributed by atoms with E-state index < -0.39 is 0 Å². The molecule has 1 N–H and O–H groups in total. The number of hydrogen-bond acceptors (Lipinski definition) is 3. The van der Waals surface area contributed by atoms with Crippen molar-refractivity contribution in [1.29, 1.82) is 0 Å². The van der Waals surface area contributed by atoms with Crippen molar-refractivity contribution in [2.24, 2.45) is 0 Å². The lowest BCUT2D eigenvalue weighted by Gasteiger charge is -1.96. The summed E-state index contributed by atoms with van der Waals surface area (Å²) >= 11 is 7.10. The molecule has 0 aliphatic heterocycles. The third-order valence-corrected chi connectivity index (χ3v) is 2.27. The molecule has 4 heteroatoms. The highest BCUT2D eigenvalue weighted by Crippen LogP contribution is 2.25. The quantitative estimate of drug-likeness (QED) is 0.791. The molecular formula is C7H8ClNOS. The van der Waals surface area contributed by atoms with Crippen LogP contribution in [0.2, 0.25) is 4.34 Å². The molecule has 0 fully saturated rings. The molecule has 1 heterocycles. The number of hydrogen-bond donors (Lipinski definition) is 1. The third kappa shape index (κ3) is 2.91. The van der Waals surface area contributed by atoms with Crippen molar-refractivity contribution in [3.63, 3.8) is 0 Å². The summed E-state index contributed by atoms with van der Waals surface area (Å²) in [6, 6.07) is 3.66. The van der Waals surface area contributed by atoms with Gasteiger partial charge in [-0.25, -0.2) is 0 Å². The number of carbonyl (C=O) groups excluding carboxylic acids is 1. The van der Waals surface area contributed by atoms with Crippen LogP contribution in [0, 0.1) is 0 Å². The van der Waals surface area contributed by atoms with E-state index in [9.17, 15) is 4.79 Å². The molecule has 0 saturated carbocycles. The van der Waals surface area contributed by atoms with Crippen LogP contribution >= 0.6 is 22.9 Å². The monoisotopic (exact) mass is 189 g/mol. The maximum absolute atomic E-state index is 10.5. The SMILES string of the molecule is CC(=O)CNc1ccc(Cl)s1. The Kier molecular flexibility index (Phi) is 2.91. The van der Waals surface area contributed by atoms with Crippen LogP contribution in [0.4, 0.5) is 5.00 Å². The Bertz CT molecular complexity index is 259. The molecule has 1 aromatic heterocycles. The minimum atomic E-state index is 0.120. The number of carbonyl (C=O) groups is 1. The number of ketones is 1. The average molecular weight is 190 g/mol. The first-order valence-corrected chi connectivity index (χ1v) is 4.36. The second-order valence-electron chi connectivity index (χ2n) is 2.16. The Hall–Kier alpha value is -0.540. The van der Waals surface area contributed by atoms with Crippen LogP contribution in [0.1, 0.15) is 6.92 Å². The van der Waals surface area contributed by atoms with Crippen molar-refractivity contribution in [2.45, 2.75) is 6.92 Å². The van der Waals surface area contributed by atoms with Crippen LogP contribution in [-0.2, 0) is 4.79 Å². The van der Waals surface area contributed by atoms with Gasteiger partial charge in [-0.2, -0.15) is 0 Å². The summed E-state index contributed by atoms with van der Waals surface area (Å²) in [7, 11) is 0. The normalized spacial score (nSPS) is 9.64. The fourth-order valence-electron chi connectivity index (χ4n) is 0.621. The molecular weight excluding hydrogens is 182 g/mol. The van der Waals surface area contributed by atoms with E-state index >= 15 is 0 Å². The van der Waals surface area contributed by atoms with E-state index in [1.165, 1.54) is 11.3 Å². The van der Waals surface area contributed by atoms with Crippen molar-refractivity contribution >= 4 is 33.7 Å². The van der Waals surface area contributed by atoms with Gasteiger partial charge < -0.3 is 5.32 Å². The number of halogens is 1. The molecule has 1 aromatic rings. The van der Waals surface area contributed by atoms with E-state index in [0.29, 0.717) is 6.54 Å². The van der Waals surface area contributed by atoms with Gasteiger partial charge in [0.1, 0.15) is 5.78 Å². The summed E-state index contributed by atoms with van der Waals surface area (Å²) in [6.07, 6.45) is 0. The lowest BCUT2D eigenvalue weighted by atomic mass is 10.4. The van der Waals surface area contributed by atoms with Crippen LogP contribution in [-0.4, -0.2) is 12.3 Å². The van der Waals surface area contributed by atoms with Crippen molar-refractivity contribution in [3.05, 3.63) is 16.5 Å². The van der Waals surface area contributed by atoms with Gasteiger partial charge in [0, 0.05) is 0 Å². The van der Waals surface area contributed by atoms with Crippen molar-refractivity contribution in [2.75, 3.05) is 11.9 Å². The van der Waals surface area contributed by atoms with Crippen LogP contribution in [0.15, 0.2) is 12.1 Å². The second kappa shape index (κ2) is 3.74. The van der Waals surface area contributed by atoms with Gasteiger partial charge in [0.15, 0.2) is 0 Å². The summed E-state index contributed by atoms with van der Waals surface area (Å²) in [5, 5.41) is 3.88. The van der Waals surface area contributed by atoms with Gasteiger partial charge in [-0.15, -0.1) is 11.3 Å². The molecule has 0 spiro atoms. The first-order valence-electron chi connectivity index (χ1n) is 3.17. The van der Waals surface area contributed by atoms with Crippen LogP contribution in [0.5, 0.6) is 0 Å². The first kappa shape index (κ1) is 8.56. The maximum atomic E-state index is 10.5. The summed E-state index contributed by atoms with van der Waals surface area (Å²) in [5.74, 6) is 0.120. The molecule has 0 atom stereocenters. The van der Waals surface area contributed by atoms with E-state index in [-0.39, 0.29) is 5.78 Å². The Labute approximate surface area is 74.2 Å². The number of anilines is 1. The highest BCUT2D eigenvalue weighted by Gasteiger charge is 1.97. The van der Waals surface area contributed by atoms with Gasteiger partial charge >= 0.3 is 0 Å². The van der Waals surface area contributed by atoms with Gasteiger partial charge in [-0.1, -0.05) is 11.6 Å². The Morgan fingerprint density at radius 3 is 2.91 bits per heavy atom. The molecule has 0 bridgehead atoms. The summed E-state index contributed by atoms with van der Waals surface area (Å²) in [5.41, 5.74) is 0. The fraction of sp³-hybridized carbons (Fsp3) is 0.286. The minimum absolute atomic E-state index is 0.120. The zero-order valence-electron chi connectivity index (χ0n) is 6.06. The Morgan fingerprint density at radius 2 is 2.45 bits per heavy atom. The van der Waals surface area contributed by atoms with E-state index in [4.69, 9.17) is 11.6 Å². The average Bonchev–Trinajstić information content (AvgIpc) is 2.31. The predicted molar refractivity (Wildman–Crippen MR) is 48.5 cm³/mol. The number of nitrogens with one attached hydrogen (secondary N) is 1. The number of Topliss-reactive ketones (excluding diaryl/α,β-unsaturated/α-hetero) is 1. The molecule has 1 rings (SSSR count). The summed E-state index contributed by atoms with van der Waals surface area (Å²) in [4.78, 5) is 10.5. The highest BCUT2D eigenvalue weighted by atomic mass is 35.5. The van der Waals surface area contributed by atoms with Gasteiger partial charge in [0.25, 0.3) is 0 Å². The second-order valence-corrected chi connectivity index (χ2v) is 3.87. The molecule has 0 aliphatic carbocycles. The molecule has 0 saturated heterocycles. The molecule has 0 radical (unpaired) electrons. The number of rotatable bonds is 3. The van der Waals surface area contributed by atoms with Crippen LogP contribution in [0.3, 0.4) is 0 Å². The molecule has 0 amide bonds. The maximum Gasteiger partial charge on any atom is 0.148 e. The molecule has 60 valence electrons. The Morgan fingerprint density at radius 1 is 1.73 bits per heavy atom. The zero-order valence-corrected chi connectivity index (χ0v) is 7.63. The van der Waals surface area contributed by atoms with E-state index in [1.54, 1.807) is 13.0 Å². The fourth-order valence-corrected chi connectivity index (χ4v) is 1.56. The number of thiophene rings is 1. The van der Waals surface area contributed by atoms with Crippen molar-refractivity contribution in [3.8, 4) is 0 Å². The first-order chi connectivity index (χ1) is 5.18. The van der Waals surface area contributed by atoms with Crippen LogP contribution < -0.4 is 5.32 Å². The van der Waals surface area contributed by atoms with Crippen molar-refractivity contribution in [1.82, 2.24) is 0 Å². The van der Waals surface area contributed by atoms with E-state index in [0.717, 1.165) is 9.34 Å². The molecule has 0 unspecified atom stereocenters. The highest BCUT2D eigenvalue weighted by molar-refractivity contribution is 7.19. The van der Waals surface area contributed by atoms with Crippen LogP contribution in [0.25, 0.3) is 0 Å². The van der Waals surface area contributed by atoms with Gasteiger partial charge in [-0.3, -0.25) is 4.79 Å². The van der Waals surface area contributed by atoms with Crippen molar-refractivity contribution < 1.29 is 4.79 Å². The summed E-state index contributed by atoms with van der Waals surface area (Å²) < 4.78 is 0.732. The molecule has 11 heavy (non-hydrogen) atoms. The van der Waals surface area contributed by atoms with Gasteiger partial charge in [0.2, 0.25) is 0 Å². The molecule has 2 nitrogen and oxygen atoms in total. The molecule has 0 aromatic carbocycles. The topological polar surface area (TPSA) is 29.1 Å². The third-order valence-electron chi connectivity index (χ3n) is 1.08. The van der Waals surface area contributed by atoms with E-state index in [1.807, 2.05) is 6.07 Å². The standard InChI is InChI=1S/C7H8ClNOS/c1-5(10)4-9-7-3-2-6(8)11-7/h2-3,9H,4H2,1H3. The van der Waals surface area contributed by atoms with Gasteiger partial charge in [0.05, 0.1) is 15.9 Å². The molecule has 0 aliphatic rings.